The topological polar surface area (TPSA) is 44.3 Å². The second-order valence-corrected chi connectivity index (χ2v) is 7.85. The van der Waals surface area contributed by atoms with E-state index in [9.17, 15) is 0 Å². The Hall–Kier alpha value is -2.92. The van der Waals surface area contributed by atoms with Crippen molar-refractivity contribution in [1.82, 2.24) is 14.9 Å². The van der Waals surface area contributed by atoms with Crippen molar-refractivity contribution < 1.29 is 0 Å². The quantitative estimate of drug-likeness (QED) is 0.700. The molecule has 0 atom stereocenters. The first-order valence-electron chi connectivity index (χ1n) is 10.3. The number of rotatable bonds is 5. The Morgan fingerprint density at radius 2 is 1.62 bits per heavy atom. The Labute approximate surface area is 173 Å². The van der Waals surface area contributed by atoms with Gasteiger partial charge in [-0.2, -0.15) is 0 Å². The average Bonchev–Trinajstić information content (AvgIpc) is 2.71. The number of benzene rings is 2. The van der Waals surface area contributed by atoms with Crippen LogP contribution in [0.5, 0.6) is 0 Å². The van der Waals surface area contributed by atoms with Crippen LogP contribution in [-0.4, -0.2) is 41.0 Å². The van der Waals surface area contributed by atoms with Crippen LogP contribution < -0.4 is 10.2 Å². The Balaban J connectivity index is 1.43. The first-order chi connectivity index (χ1) is 14.1. The Morgan fingerprint density at radius 1 is 0.862 bits per heavy atom. The van der Waals surface area contributed by atoms with Gasteiger partial charge in [0.05, 0.1) is 0 Å². The minimum absolute atomic E-state index is 0.793. The van der Waals surface area contributed by atoms with Crippen LogP contribution in [-0.2, 0) is 6.54 Å². The maximum Gasteiger partial charge on any atom is 0.136 e. The fourth-order valence-electron chi connectivity index (χ4n) is 3.85. The second-order valence-electron chi connectivity index (χ2n) is 7.85. The molecule has 5 nitrogen and oxygen atoms in total. The molecule has 5 heteroatoms. The summed E-state index contributed by atoms with van der Waals surface area (Å²) < 4.78 is 0. The molecule has 0 amide bonds. The van der Waals surface area contributed by atoms with E-state index in [0.29, 0.717) is 0 Å². The summed E-state index contributed by atoms with van der Waals surface area (Å²) in [5.74, 6) is 2.65. The highest BCUT2D eigenvalue weighted by molar-refractivity contribution is 5.63. The summed E-state index contributed by atoms with van der Waals surface area (Å²) in [6.07, 6.45) is 0. The van der Waals surface area contributed by atoms with Crippen molar-refractivity contribution in [2.24, 2.45) is 0 Å². The maximum atomic E-state index is 4.70. The van der Waals surface area contributed by atoms with Crippen molar-refractivity contribution >= 4 is 17.3 Å². The molecule has 2 aromatic carbocycles. The molecular weight excluding hydrogens is 358 g/mol. The minimum Gasteiger partial charge on any atom is -0.354 e. The SMILES string of the molecule is Cc1ccc(Nc2cc(N3CCN(Cc4ccccc4)CC3)nc(C)n2)c(C)c1. The van der Waals surface area contributed by atoms with Crippen LogP contribution >= 0.6 is 0 Å². The van der Waals surface area contributed by atoms with Gasteiger partial charge >= 0.3 is 0 Å². The second kappa shape index (κ2) is 8.62. The van der Waals surface area contributed by atoms with Crippen LogP contribution in [0.15, 0.2) is 54.6 Å². The molecule has 1 fully saturated rings. The number of anilines is 3. The molecule has 0 aliphatic carbocycles. The summed E-state index contributed by atoms with van der Waals surface area (Å²) >= 11 is 0. The van der Waals surface area contributed by atoms with Crippen molar-refractivity contribution in [2.75, 3.05) is 36.4 Å². The molecule has 0 saturated carbocycles. The van der Waals surface area contributed by atoms with Gasteiger partial charge in [0.25, 0.3) is 0 Å². The number of hydrogen-bond donors (Lipinski definition) is 1. The molecule has 1 saturated heterocycles. The van der Waals surface area contributed by atoms with Crippen molar-refractivity contribution in [3.8, 4) is 0 Å². The summed E-state index contributed by atoms with van der Waals surface area (Å²) in [5.41, 5.74) is 4.95. The highest BCUT2D eigenvalue weighted by Crippen LogP contribution is 2.24. The predicted molar refractivity (Wildman–Crippen MR) is 120 cm³/mol. The molecule has 150 valence electrons. The zero-order valence-corrected chi connectivity index (χ0v) is 17.5. The summed E-state index contributed by atoms with van der Waals surface area (Å²) in [6, 6.07) is 19.2. The van der Waals surface area contributed by atoms with Gasteiger partial charge in [0.15, 0.2) is 0 Å². The summed E-state index contributed by atoms with van der Waals surface area (Å²) in [6.45, 7) is 11.2. The van der Waals surface area contributed by atoms with Crippen molar-refractivity contribution in [3.63, 3.8) is 0 Å². The smallest absolute Gasteiger partial charge is 0.136 e. The average molecular weight is 388 g/mol. The van der Waals surface area contributed by atoms with E-state index in [1.807, 2.05) is 6.92 Å². The molecule has 1 aliphatic heterocycles. The molecule has 0 radical (unpaired) electrons. The first kappa shape index (κ1) is 19.4. The highest BCUT2D eigenvalue weighted by Gasteiger charge is 2.19. The molecule has 1 aliphatic rings. The van der Waals surface area contributed by atoms with Gasteiger partial charge < -0.3 is 10.2 Å². The number of hydrogen-bond acceptors (Lipinski definition) is 5. The normalized spacial score (nSPS) is 14.8. The van der Waals surface area contributed by atoms with Crippen molar-refractivity contribution in [2.45, 2.75) is 27.3 Å². The van der Waals surface area contributed by atoms with Crippen LogP contribution in [0.3, 0.4) is 0 Å². The fraction of sp³-hybridized carbons (Fsp3) is 0.333. The molecule has 4 rings (SSSR count). The number of nitrogens with zero attached hydrogens (tertiary/aromatic N) is 4. The third-order valence-electron chi connectivity index (χ3n) is 5.41. The van der Waals surface area contributed by atoms with Crippen LogP contribution in [0.1, 0.15) is 22.5 Å². The van der Waals surface area contributed by atoms with E-state index in [0.717, 1.165) is 55.9 Å². The largest absolute Gasteiger partial charge is 0.354 e. The number of aromatic nitrogens is 2. The minimum atomic E-state index is 0.793. The van der Waals surface area contributed by atoms with Gasteiger partial charge in [-0.25, -0.2) is 9.97 Å². The van der Waals surface area contributed by atoms with Crippen LogP contribution in [0, 0.1) is 20.8 Å². The lowest BCUT2D eigenvalue weighted by atomic mass is 10.1. The van der Waals surface area contributed by atoms with E-state index in [1.54, 1.807) is 0 Å². The van der Waals surface area contributed by atoms with Crippen LogP contribution in [0.25, 0.3) is 0 Å². The zero-order valence-electron chi connectivity index (χ0n) is 17.5. The highest BCUT2D eigenvalue weighted by atomic mass is 15.3. The summed E-state index contributed by atoms with van der Waals surface area (Å²) in [4.78, 5) is 14.2. The van der Waals surface area contributed by atoms with E-state index in [4.69, 9.17) is 4.98 Å². The summed E-state index contributed by atoms with van der Waals surface area (Å²) in [7, 11) is 0. The number of nitrogens with one attached hydrogen (secondary N) is 1. The van der Waals surface area contributed by atoms with Gasteiger partial charge in [-0.05, 0) is 38.0 Å². The van der Waals surface area contributed by atoms with E-state index in [2.05, 4.69) is 88.5 Å². The van der Waals surface area contributed by atoms with E-state index in [1.165, 1.54) is 16.7 Å². The lowest BCUT2D eigenvalue weighted by Crippen LogP contribution is -2.46. The fourth-order valence-corrected chi connectivity index (χ4v) is 3.85. The predicted octanol–water partition coefficient (Wildman–Crippen LogP) is 4.47. The van der Waals surface area contributed by atoms with Gasteiger partial charge in [0.1, 0.15) is 17.5 Å². The standard InChI is InChI=1S/C24H29N5/c1-18-9-10-22(19(2)15-18)27-23-16-24(26-20(3)25-23)29-13-11-28(12-14-29)17-21-7-5-4-6-8-21/h4-10,15-16H,11-14,17H2,1-3H3,(H,25,26,27). The van der Waals surface area contributed by atoms with E-state index >= 15 is 0 Å². The molecule has 1 aromatic heterocycles. The number of aryl methyl sites for hydroxylation is 3. The molecule has 29 heavy (non-hydrogen) atoms. The van der Waals surface area contributed by atoms with Crippen LogP contribution in [0.4, 0.5) is 17.3 Å². The lowest BCUT2D eigenvalue weighted by Gasteiger charge is -2.35. The van der Waals surface area contributed by atoms with Gasteiger partial charge in [-0.15, -0.1) is 0 Å². The van der Waals surface area contributed by atoms with Gasteiger partial charge in [0, 0.05) is 44.5 Å². The van der Waals surface area contributed by atoms with Crippen LogP contribution in [0.2, 0.25) is 0 Å². The molecule has 2 heterocycles. The Morgan fingerprint density at radius 3 is 2.34 bits per heavy atom. The summed E-state index contributed by atoms with van der Waals surface area (Å²) in [5, 5.41) is 3.47. The third-order valence-corrected chi connectivity index (χ3v) is 5.41. The van der Waals surface area contributed by atoms with Gasteiger partial charge in [0.2, 0.25) is 0 Å². The van der Waals surface area contributed by atoms with Crippen molar-refractivity contribution in [3.05, 3.63) is 77.1 Å². The molecule has 3 aromatic rings. The van der Waals surface area contributed by atoms with Crippen molar-refractivity contribution in [1.29, 1.82) is 0 Å². The molecule has 0 bridgehead atoms. The van der Waals surface area contributed by atoms with E-state index in [-0.39, 0.29) is 0 Å². The molecule has 0 unspecified atom stereocenters. The molecule has 1 N–H and O–H groups in total. The van der Waals surface area contributed by atoms with Gasteiger partial charge in [-0.3, -0.25) is 4.90 Å². The number of piperazine rings is 1. The zero-order chi connectivity index (χ0) is 20.2. The third kappa shape index (κ3) is 4.93. The Bertz CT molecular complexity index is 962. The van der Waals surface area contributed by atoms with Gasteiger partial charge in [-0.1, -0.05) is 48.0 Å². The lowest BCUT2D eigenvalue weighted by molar-refractivity contribution is 0.249. The Kier molecular flexibility index (Phi) is 5.76. The maximum absolute atomic E-state index is 4.70. The molecular formula is C24H29N5. The van der Waals surface area contributed by atoms with E-state index < -0.39 is 0 Å². The monoisotopic (exact) mass is 387 g/mol. The molecule has 0 spiro atoms. The first-order valence-corrected chi connectivity index (χ1v) is 10.3.